The summed E-state index contributed by atoms with van der Waals surface area (Å²) in [6.07, 6.45) is 0.948. The molecule has 110 valence electrons. The van der Waals surface area contributed by atoms with Crippen LogP contribution in [0.4, 0.5) is 0 Å². The van der Waals surface area contributed by atoms with E-state index in [0.717, 1.165) is 24.4 Å². The van der Waals surface area contributed by atoms with E-state index in [0.29, 0.717) is 0 Å². The van der Waals surface area contributed by atoms with Gasteiger partial charge in [-0.1, -0.05) is 12.1 Å². The lowest BCUT2D eigenvalue weighted by atomic mass is 10.0. The summed E-state index contributed by atoms with van der Waals surface area (Å²) >= 11 is 1.82. The summed E-state index contributed by atoms with van der Waals surface area (Å²) in [7, 11) is 2.10. The third-order valence-corrected chi connectivity index (χ3v) is 4.56. The standard InChI is InChI=1S/C15H23N3OS/c1-5-13(16)15(14-7-6-11(3)20-14)18(4)9-12-8-10(2)19-17-12/h6-8,13,15H,5,9,16H2,1-4H3. The van der Waals surface area contributed by atoms with Gasteiger partial charge in [0.1, 0.15) is 5.76 Å². The lowest BCUT2D eigenvalue weighted by Crippen LogP contribution is -2.38. The van der Waals surface area contributed by atoms with E-state index in [1.165, 1.54) is 9.75 Å². The van der Waals surface area contributed by atoms with Crippen molar-refractivity contribution in [2.45, 2.75) is 45.8 Å². The van der Waals surface area contributed by atoms with E-state index >= 15 is 0 Å². The van der Waals surface area contributed by atoms with Crippen LogP contribution in [-0.4, -0.2) is 23.1 Å². The first-order valence-electron chi connectivity index (χ1n) is 6.95. The summed E-state index contributed by atoms with van der Waals surface area (Å²) in [6.45, 7) is 6.91. The van der Waals surface area contributed by atoms with Crippen molar-refractivity contribution < 1.29 is 4.52 Å². The maximum Gasteiger partial charge on any atom is 0.133 e. The first-order chi connectivity index (χ1) is 9.51. The van der Waals surface area contributed by atoms with Gasteiger partial charge >= 0.3 is 0 Å². The fourth-order valence-corrected chi connectivity index (χ4v) is 3.56. The Morgan fingerprint density at radius 2 is 2.15 bits per heavy atom. The molecule has 2 aromatic rings. The van der Waals surface area contributed by atoms with Gasteiger partial charge in [0.05, 0.1) is 11.7 Å². The van der Waals surface area contributed by atoms with Crippen LogP contribution in [0.5, 0.6) is 0 Å². The molecule has 0 radical (unpaired) electrons. The smallest absolute Gasteiger partial charge is 0.133 e. The highest BCUT2D eigenvalue weighted by Gasteiger charge is 2.25. The zero-order chi connectivity index (χ0) is 14.7. The second kappa shape index (κ2) is 6.52. The Morgan fingerprint density at radius 1 is 1.40 bits per heavy atom. The molecule has 0 amide bonds. The maximum absolute atomic E-state index is 6.34. The molecule has 0 fully saturated rings. The summed E-state index contributed by atoms with van der Waals surface area (Å²) < 4.78 is 5.14. The van der Waals surface area contributed by atoms with E-state index in [-0.39, 0.29) is 12.1 Å². The van der Waals surface area contributed by atoms with E-state index in [2.05, 4.69) is 43.1 Å². The molecule has 0 aliphatic heterocycles. The lowest BCUT2D eigenvalue weighted by molar-refractivity contribution is 0.199. The van der Waals surface area contributed by atoms with Gasteiger partial charge in [0.25, 0.3) is 0 Å². The number of likely N-dealkylation sites (N-methyl/N-ethyl adjacent to an activating group) is 1. The molecule has 0 bridgehead atoms. The first kappa shape index (κ1) is 15.2. The third kappa shape index (κ3) is 3.48. The largest absolute Gasteiger partial charge is 0.361 e. The number of rotatable bonds is 6. The molecule has 2 heterocycles. The lowest BCUT2D eigenvalue weighted by Gasteiger charge is -2.31. The number of nitrogens with two attached hydrogens (primary N) is 1. The Balaban J connectivity index is 2.17. The van der Waals surface area contributed by atoms with Crippen LogP contribution < -0.4 is 5.73 Å². The Morgan fingerprint density at radius 3 is 2.65 bits per heavy atom. The van der Waals surface area contributed by atoms with Crippen LogP contribution in [0, 0.1) is 13.8 Å². The minimum atomic E-state index is 0.117. The molecule has 2 atom stereocenters. The molecule has 2 rings (SSSR count). The predicted octanol–water partition coefficient (Wildman–Crippen LogP) is 3.26. The van der Waals surface area contributed by atoms with Crippen molar-refractivity contribution in [2.75, 3.05) is 7.05 Å². The topological polar surface area (TPSA) is 55.3 Å². The molecule has 0 aliphatic carbocycles. The minimum Gasteiger partial charge on any atom is -0.361 e. The number of aryl methyl sites for hydroxylation is 2. The van der Waals surface area contributed by atoms with Crippen molar-refractivity contribution in [1.82, 2.24) is 10.1 Å². The monoisotopic (exact) mass is 293 g/mol. The number of aromatic nitrogens is 1. The van der Waals surface area contributed by atoms with Gasteiger partial charge in [0, 0.05) is 28.4 Å². The van der Waals surface area contributed by atoms with E-state index in [4.69, 9.17) is 10.3 Å². The van der Waals surface area contributed by atoms with Crippen LogP contribution in [-0.2, 0) is 6.54 Å². The SMILES string of the molecule is CCC(N)C(c1ccc(C)s1)N(C)Cc1cc(C)on1. The van der Waals surface area contributed by atoms with Crippen LogP contribution in [0.25, 0.3) is 0 Å². The van der Waals surface area contributed by atoms with Gasteiger partial charge in [0.2, 0.25) is 0 Å². The van der Waals surface area contributed by atoms with Crippen LogP contribution in [0.3, 0.4) is 0 Å². The summed E-state index contributed by atoms with van der Waals surface area (Å²) in [5, 5.41) is 4.07. The Bertz CT molecular complexity index is 549. The highest BCUT2D eigenvalue weighted by atomic mass is 32.1. The maximum atomic E-state index is 6.34. The average molecular weight is 293 g/mol. The molecule has 0 saturated carbocycles. The summed E-state index contributed by atoms with van der Waals surface area (Å²) in [4.78, 5) is 4.90. The molecule has 0 saturated heterocycles. The van der Waals surface area contributed by atoms with E-state index in [9.17, 15) is 0 Å². The fraction of sp³-hybridized carbons (Fsp3) is 0.533. The molecule has 0 aliphatic rings. The molecular weight excluding hydrogens is 270 g/mol. The Hall–Kier alpha value is -1.17. The number of hydrogen-bond donors (Lipinski definition) is 1. The van der Waals surface area contributed by atoms with Crippen LogP contribution in [0.2, 0.25) is 0 Å². The zero-order valence-electron chi connectivity index (χ0n) is 12.6. The number of thiophene rings is 1. The molecule has 5 heteroatoms. The molecule has 2 unspecified atom stereocenters. The van der Waals surface area contributed by atoms with Crippen molar-refractivity contribution in [3.63, 3.8) is 0 Å². The number of hydrogen-bond acceptors (Lipinski definition) is 5. The summed E-state index contributed by atoms with van der Waals surface area (Å²) in [6, 6.07) is 6.65. The third-order valence-electron chi connectivity index (χ3n) is 3.49. The van der Waals surface area contributed by atoms with Crippen molar-refractivity contribution in [3.8, 4) is 0 Å². The zero-order valence-corrected chi connectivity index (χ0v) is 13.4. The quantitative estimate of drug-likeness (QED) is 0.888. The molecular formula is C15H23N3OS. The Kier molecular flexibility index (Phi) is 4.96. The van der Waals surface area contributed by atoms with Gasteiger partial charge < -0.3 is 10.3 Å². The van der Waals surface area contributed by atoms with Crippen molar-refractivity contribution >= 4 is 11.3 Å². The highest BCUT2D eigenvalue weighted by molar-refractivity contribution is 7.12. The van der Waals surface area contributed by atoms with Gasteiger partial charge in [-0.2, -0.15) is 0 Å². The van der Waals surface area contributed by atoms with E-state index in [1.54, 1.807) is 0 Å². The van der Waals surface area contributed by atoms with Gasteiger partial charge in [-0.05, 0) is 39.4 Å². The highest BCUT2D eigenvalue weighted by Crippen LogP contribution is 2.30. The molecule has 2 N–H and O–H groups in total. The normalized spacial score (nSPS) is 14.7. The van der Waals surface area contributed by atoms with Gasteiger partial charge in [-0.25, -0.2) is 0 Å². The fourth-order valence-electron chi connectivity index (χ4n) is 2.44. The molecule has 4 nitrogen and oxygen atoms in total. The minimum absolute atomic E-state index is 0.117. The number of nitrogens with zero attached hydrogens (tertiary/aromatic N) is 2. The van der Waals surface area contributed by atoms with Crippen LogP contribution >= 0.6 is 11.3 Å². The Labute approximate surface area is 124 Å². The summed E-state index contributed by atoms with van der Waals surface area (Å²) in [5.41, 5.74) is 7.29. The molecule has 2 aromatic heterocycles. The van der Waals surface area contributed by atoms with Gasteiger partial charge in [-0.3, -0.25) is 4.90 Å². The van der Waals surface area contributed by atoms with Gasteiger partial charge in [-0.15, -0.1) is 11.3 Å². The second-order valence-electron chi connectivity index (χ2n) is 5.31. The summed E-state index contributed by atoms with van der Waals surface area (Å²) in [5.74, 6) is 0.844. The van der Waals surface area contributed by atoms with E-state index < -0.39 is 0 Å². The van der Waals surface area contributed by atoms with Crippen molar-refractivity contribution in [2.24, 2.45) is 5.73 Å². The average Bonchev–Trinajstić information content (AvgIpc) is 2.99. The molecule has 0 spiro atoms. The van der Waals surface area contributed by atoms with Crippen molar-refractivity contribution in [1.29, 1.82) is 0 Å². The molecule has 0 aromatic carbocycles. The first-order valence-corrected chi connectivity index (χ1v) is 7.77. The second-order valence-corrected chi connectivity index (χ2v) is 6.63. The van der Waals surface area contributed by atoms with Crippen LogP contribution in [0.1, 0.15) is 40.6 Å². The van der Waals surface area contributed by atoms with Crippen molar-refractivity contribution in [3.05, 3.63) is 39.4 Å². The van der Waals surface area contributed by atoms with Crippen LogP contribution in [0.15, 0.2) is 22.7 Å². The van der Waals surface area contributed by atoms with Gasteiger partial charge in [0.15, 0.2) is 0 Å². The van der Waals surface area contributed by atoms with E-state index in [1.807, 2.05) is 24.3 Å². The molecule has 20 heavy (non-hydrogen) atoms. The predicted molar refractivity (Wildman–Crippen MR) is 82.8 cm³/mol.